The summed E-state index contributed by atoms with van der Waals surface area (Å²) in [5.41, 5.74) is 0. The summed E-state index contributed by atoms with van der Waals surface area (Å²) in [5.74, 6) is 0. The van der Waals surface area contributed by atoms with Crippen LogP contribution in [0.2, 0.25) is 0 Å². The molecule has 0 aromatic carbocycles. The predicted molar refractivity (Wildman–Crippen MR) is 75.8 cm³/mol. The van der Waals surface area contributed by atoms with Crippen molar-refractivity contribution < 1.29 is 0 Å². The molecule has 0 amide bonds. The van der Waals surface area contributed by atoms with E-state index in [0.29, 0.717) is 6.04 Å². The molecule has 0 radical (unpaired) electrons. The van der Waals surface area contributed by atoms with Gasteiger partial charge < -0.3 is 4.90 Å². The van der Waals surface area contributed by atoms with E-state index in [1.165, 1.54) is 45.2 Å². The van der Waals surface area contributed by atoms with Crippen molar-refractivity contribution in [2.45, 2.75) is 62.7 Å². The fourth-order valence-corrected chi connectivity index (χ4v) is 3.61. The zero-order valence-corrected chi connectivity index (χ0v) is 12.0. The molecule has 4 heteroatoms. The van der Waals surface area contributed by atoms with Gasteiger partial charge in [0.15, 0.2) is 0 Å². The molecule has 4 nitrogen and oxygen atoms in total. The van der Waals surface area contributed by atoms with Crippen LogP contribution in [0.3, 0.4) is 0 Å². The first-order valence-electron chi connectivity index (χ1n) is 7.86. The highest BCUT2D eigenvalue weighted by Crippen LogP contribution is 2.28. The van der Waals surface area contributed by atoms with Gasteiger partial charge in [0.2, 0.25) is 0 Å². The van der Waals surface area contributed by atoms with Gasteiger partial charge in [0, 0.05) is 31.2 Å². The molecule has 1 saturated carbocycles. The standard InChI is InChI=1S/C15H26N4/c1-18-14-4-5-15(18)11-19(9-7-14)8-6-13(10-16)17-12-2-3-12/h12-15,17H,2-9,11H2,1H3. The van der Waals surface area contributed by atoms with Crippen molar-refractivity contribution in [2.75, 3.05) is 26.7 Å². The molecule has 3 unspecified atom stereocenters. The second-order valence-electron chi connectivity index (χ2n) is 6.55. The molecule has 3 rings (SSSR count). The summed E-state index contributed by atoms with van der Waals surface area (Å²) >= 11 is 0. The lowest BCUT2D eigenvalue weighted by molar-refractivity contribution is 0.215. The molecular weight excluding hydrogens is 236 g/mol. The van der Waals surface area contributed by atoms with Crippen molar-refractivity contribution in [1.29, 1.82) is 5.26 Å². The van der Waals surface area contributed by atoms with Crippen LogP contribution in [0.5, 0.6) is 0 Å². The van der Waals surface area contributed by atoms with Gasteiger partial charge in [0.25, 0.3) is 0 Å². The first-order chi connectivity index (χ1) is 9.26. The maximum Gasteiger partial charge on any atom is 0.0967 e. The van der Waals surface area contributed by atoms with E-state index in [-0.39, 0.29) is 6.04 Å². The van der Waals surface area contributed by atoms with Crippen LogP contribution in [-0.2, 0) is 0 Å². The maximum absolute atomic E-state index is 9.20. The molecule has 106 valence electrons. The fourth-order valence-electron chi connectivity index (χ4n) is 3.61. The zero-order chi connectivity index (χ0) is 13.2. The second kappa shape index (κ2) is 5.78. The Labute approximate surface area is 116 Å². The number of fused-ring (bicyclic) bond motifs is 2. The van der Waals surface area contributed by atoms with E-state index in [9.17, 15) is 5.26 Å². The second-order valence-corrected chi connectivity index (χ2v) is 6.55. The van der Waals surface area contributed by atoms with Gasteiger partial charge in [-0.25, -0.2) is 0 Å². The Hall–Kier alpha value is -0.630. The Bertz CT molecular complexity index is 347. The zero-order valence-electron chi connectivity index (χ0n) is 12.0. The van der Waals surface area contributed by atoms with Crippen LogP contribution in [0.1, 0.15) is 38.5 Å². The van der Waals surface area contributed by atoms with Crippen molar-refractivity contribution >= 4 is 0 Å². The lowest BCUT2D eigenvalue weighted by Gasteiger charge is -2.26. The van der Waals surface area contributed by atoms with Crippen LogP contribution in [0.4, 0.5) is 0 Å². The van der Waals surface area contributed by atoms with Crippen LogP contribution in [0, 0.1) is 11.3 Å². The third-order valence-corrected chi connectivity index (χ3v) is 5.14. The summed E-state index contributed by atoms with van der Waals surface area (Å²) in [4.78, 5) is 5.17. The van der Waals surface area contributed by atoms with E-state index in [4.69, 9.17) is 0 Å². The smallest absolute Gasteiger partial charge is 0.0967 e. The summed E-state index contributed by atoms with van der Waals surface area (Å²) in [5, 5.41) is 12.6. The highest BCUT2D eigenvalue weighted by atomic mass is 15.3. The minimum absolute atomic E-state index is 0.0608. The Morgan fingerprint density at radius 1 is 1.21 bits per heavy atom. The lowest BCUT2D eigenvalue weighted by atomic mass is 10.1. The Kier molecular flexibility index (Phi) is 4.07. The average Bonchev–Trinajstić information content (AvgIpc) is 3.15. The highest BCUT2D eigenvalue weighted by Gasteiger charge is 2.34. The third kappa shape index (κ3) is 3.28. The molecule has 1 aliphatic carbocycles. The van der Waals surface area contributed by atoms with E-state index < -0.39 is 0 Å². The van der Waals surface area contributed by atoms with Gasteiger partial charge in [-0.15, -0.1) is 0 Å². The van der Waals surface area contributed by atoms with E-state index >= 15 is 0 Å². The molecular formula is C15H26N4. The number of likely N-dealkylation sites (tertiary alicyclic amines) is 1. The number of rotatable bonds is 5. The largest absolute Gasteiger partial charge is 0.302 e. The first kappa shape index (κ1) is 13.4. The molecule has 3 aliphatic rings. The van der Waals surface area contributed by atoms with Crippen LogP contribution >= 0.6 is 0 Å². The molecule has 2 heterocycles. The average molecular weight is 262 g/mol. The number of hydrogen-bond donors (Lipinski definition) is 1. The summed E-state index contributed by atoms with van der Waals surface area (Å²) in [6, 6.07) is 4.68. The molecule has 19 heavy (non-hydrogen) atoms. The van der Waals surface area contributed by atoms with Crippen LogP contribution in [0.15, 0.2) is 0 Å². The number of nitriles is 1. The van der Waals surface area contributed by atoms with Gasteiger partial charge in [-0.2, -0.15) is 5.26 Å². The van der Waals surface area contributed by atoms with Gasteiger partial charge in [-0.1, -0.05) is 0 Å². The van der Waals surface area contributed by atoms with Crippen LogP contribution in [-0.4, -0.2) is 60.6 Å². The van der Waals surface area contributed by atoms with Crippen molar-refractivity contribution in [1.82, 2.24) is 15.1 Å². The van der Waals surface area contributed by atoms with Crippen molar-refractivity contribution in [3.63, 3.8) is 0 Å². The maximum atomic E-state index is 9.20. The molecule has 3 atom stereocenters. The Morgan fingerprint density at radius 2 is 2.00 bits per heavy atom. The van der Waals surface area contributed by atoms with Gasteiger partial charge in [0.1, 0.15) is 0 Å². The Balaban J connectivity index is 1.46. The molecule has 2 bridgehead atoms. The van der Waals surface area contributed by atoms with E-state index in [1.807, 2.05) is 0 Å². The first-order valence-corrected chi connectivity index (χ1v) is 7.86. The predicted octanol–water partition coefficient (Wildman–Crippen LogP) is 1.19. The molecule has 2 saturated heterocycles. The van der Waals surface area contributed by atoms with E-state index in [0.717, 1.165) is 25.0 Å². The van der Waals surface area contributed by atoms with E-state index in [1.54, 1.807) is 0 Å². The van der Waals surface area contributed by atoms with Crippen molar-refractivity contribution in [2.24, 2.45) is 0 Å². The van der Waals surface area contributed by atoms with Crippen molar-refractivity contribution in [3.05, 3.63) is 0 Å². The molecule has 3 fully saturated rings. The minimum atomic E-state index is 0.0608. The summed E-state index contributed by atoms with van der Waals surface area (Å²) in [6.07, 6.45) is 7.56. The monoisotopic (exact) mass is 262 g/mol. The molecule has 2 aliphatic heterocycles. The van der Waals surface area contributed by atoms with Gasteiger partial charge in [-0.05, 0) is 52.1 Å². The molecule has 1 N–H and O–H groups in total. The fraction of sp³-hybridized carbons (Fsp3) is 0.933. The third-order valence-electron chi connectivity index (χ3n) is 5.14. The van der Waals surface area contributed by atoms with Gasteiger partial charge in [0.05, 0.1) is 12.1 Å². The molecule has 0 aromatic heterocycles. The summed E-state index contributed by atoms with van der Waals surface area (Å²) < 4.78 is 0. The Morgan fingerprint density at radius 3 is 2.74 bits per heavy atom. The van der Waals surface area contributed by atoms with E-state index in [2.05, 4.69) is 28.2 Å². The van der Waals surface area contributed by atoms with Crippen LogP contribution in [0.25, 0.3) is 0 Å². The highest BCUT2D eigenvalue weighted by molar-refractivity contribution is 4.97. The summed E-state index contributed by atoms with van der Waals surface area (Å²) in [7, 11) is 2.29. The number of hydrogen-bond acceptors (Lipinski definition) is 4. The number of nitrogens with zero attached hydrogens (tertiary/aromatic N) is 3. The van der Waals surface area contributed by atoms with Crippen LogP contribution < -0.4 is 5.32 Å². The summed E-state index contributed by atoms with van der Waals surface area (Å²) in [6.45, 7) is 3.50. The lowest BCUT2D eigenvalue weighted by Crippen LogP contribution is -2.39. The van der Waals surface area contributed by atoms with Gasteiger partial charge in [-0.3, -0.25) is 10.2 Å². The SMILES string of the molecule is CN1C2CCC1CN(CCC(C#N)NC1CC1)CC2. The molecule has 0 aromatic rings. The molecule has 0 spiro atoms. The number of nitrogens with one attached hydrogen (secondary N) is 1. The van der Waals surface area contributed by atoms with Crippen molar-refractivity contribution in [3.8, 4) is 6.07 Å². The minimum Gasteiger partial charge on any atom is -0.302 e. The quantitative estimate of drug-likeness (QED) is 0.808. The number of likely N-dealkylation sites (N-methyl/N-ethyl adjacent to an activating group) is 1. The van der Waals surface area contributed by atoms with Gasteiger partial charge >= 0.3 is 0 Å². The topological polar surface area (TPSA) is 42.3 Å². The normalized spacial score (nSPS) is 33.9.